The Morgan fingerprint density at radius 1 is 1.39 bits per heavy atom. The molecule has 0 aromatic heterocycles. The Kier molecular flexibility index (Phi) is 7.12. The number of halogens is 3. The Morgan fingerprint density at radius 2 is 2.11 bits per heavy atom. The van der Waals surface area contributed by atoms with Gasteiger partial charge in [0.05, 0.1) is 15.5 Å². The Hall–Kier alpha value is -0.190. The van der Waals surface area contributed by atoms with Crippen LogP contribution in [0, 0.1) is 0 Å². The van der Waals surface area contributed by atoms with Crippen LogP contribution in [0.5, 0.6) is 11.5 Å². The van der Waals surface area contributed by atoms with Gasteiger partial charge in [0.2, 0.25) is 0 Å². The predicted molar refractivity (Wildman–Crippen MR) is 83.4 cm³/mol. The van der Waals surface area contributed by atoms with Crippen molar-refractivity contribution in [3.63, 3.8) is 0 Å². The monoisotopic (exact) mass is 396 g/mol. The largest absolute Gasteiger partial charge is 0.495 e. The molecule has 18 heavy (non-hydrogen) atoms. The second-order valence-electron chi connectivity index (χ2n) is 3.65. The molecule has 1 aromatic rings. The zero-order chi connectivity index (χ0) is 13.5. The molecular formula is C13H15Br2ClO2. The predicted octanol–water partition coefficient (Wildman–Crippen LogP) is 5.31. The minimum atomic E-state index is 0.472. The van der Waals surface area contributed by atoms with Crippen LogP contribution in [0.25, 0.3) is 0 Å². The summed E-state index contributed by atoms with van der Waals surface area (Å²) in [7, 11) is 1.63. The van der Waals surface area contributed by atoms with E-state index in [1.807, 2.05) is 12.1 Å². The second kappa shape index (κ2) is 8.08. The van der Waals surface area contributed by atoms with Gasteiger partial charge in [-0.15, -0.1) is 0 Å². The summed E-state index contributed by atoms with van der Waals surface area (Å²) >= 11 is 12.7. The fraction of sp³-hybridized carbons (Fsp3) is 0.385. The van der Waals surface area contributed by atoms with E-state index in [0.717, 1.165) is 33.3 Å². The van der Waals surface area contributed by atoms with Crippen LogP contribution in [-0.4, -0.2) is 13.7 Å². The molecule has 0 spiro atoms. The van der Waals surface area contributed by atoms with Crippen molar-refractivity contribution in [2.75, 3.05) is 13.7 Å². The highest BCUT2D eigenvalue weighted by Gasteiger charge is 2.10. The van der Waals surface area contributed by atoms with Gasteiger partial charge in [0.1, 0.15) is 18.1 Å². The van der Waals surface area contributed by atoms with Crippen molar-refractivity contribution in [3.8, 4) is 11.5 Å². The summed E-state index contributed by atoms with van der Waals surface area (Å²) in [4.78, 5) is 0. The van der Waals surface area contributed by atoms with Crippen LogP contribution in [0.3, 0.4) is 0 Å². The van der Waals surface area contributed by atoms with E-state index in [1.165, 1.54) is 0 Å². The van der Waals surface area contributed by atoms with Crippen LogP contribution in [0.1, 0.15) is 18.9 Å². The smallest absolute Gasteiger partial charge is 0.140 e. The summed E-state index contributed by atoms with van der Waals surface area (Å²) in [5.41, 5.74) is 1.07. The highest BCUT2D eigenvalue weighted by molar-refractivity contribution is 9.28. The van der Waals surface area contributed by atoms with Crippen molar-refractivity contribution in [1.82, 2.24) is 0 Å². The Labute approximate surface area is 130 Å². The molecule has 0 saturated carbocycles. The van der Waals surface area contributed by atoms with Crippen molar-refractivity contribution in [3.05, 3.63) is 32.2 Å². The maximum absolute atomic E-state index is 6.17. The first-order valence-electron chi connectivity index (χ1n) is 5.58. The SMILES string of the molecule is CCCc1cc(OCC=C(Br)Br)cc(Cl)c1OC. The van der Waals surface area contributed by atoms with Gasteiger partial charge in [0.25, 0.3) is 0 Å². The highest BCUT2D eigenvalue weighted by atomic mass is 79.9. The van der Waals surface area contributed by atoms with Crippen molar-refractivity contribution in [1.29, 1.82) is 0 Å². The maximum atomic E-state index is 6.17. The number of benzene rings is 1. The first-order chi connectivity index (χ1) is 8.58. The molecule has 1 aromatic carbocycles. The van der Waals surface area contributed by atoms with Gasteiger partial charge in [-0.2, -0.15) is 0 Å². The quantitative estimate of drug-likeness (QED) is 0.646. The van der Waals surface area contributed by atoms with E-state index < -0.39 is 0 Å². The second-order valence-corrected chi connectivity index (χ2v) is 6.83. The lowest BCUT2D eigenvalue weighted by Crippen LogP contribution is -1.98. The summed E-state index contributed by atoms with van der Waals surface area (Å²) in [6.45, 7) is 2.59. The van der Waals surface area contributed by atoms with Crippen molar-refractivity contribution >= 4 is 43.5 Å². The van der Waals surface area contributed by atoms with Crippen molar-refractivity contribution in [2.45, 2.75) is 19.8 Å². The zero-order valence-corrected chi connectivity index (χ0v) is 14.2. The van der Waals surface area contributed by atoms with E-state index in [4.69, 9.17) is 21.1 Å². The fourth-order valence-corrected chi connectivity index (χ4v) is 2.16. The Bertz CT molecular complexity index is 429. The van der Waals surface area contributed by atoms with E-state index in [-0.39, 0.29) is 0 Å². The lowest BCUT2D eigenvalue weighted by molar-refractivity contribution is 0.360. The molecule has 5 heteroatoms. The third-order valence-corrected chi connectivity index (χ3v) is 3.23. The molecule has 0 aliphatic rings. The van der Waals surface area contributed by atoms with Crippen LogP contribution in [0.4, 0.5) is 0 Å². The van der Waals surface area contributed by atoms with Gasteiger partial charge >= 0.3 is 0 Å². The van der Waals surface area contributed by atoms with Crippen LogP contribution >= 0.6 is 43.5 Å². The van der Waals surface area contributed by atoms with Gasteiger partial charge in [-0.1, -0.05) is 24.9 Å². The minimum Gasteiger partial charge on any atom is -0.495 e. The fourth-order valence-electron chi connectivity index (χ4n) is 1.59. The molecule has 0 fully saturated rings. The molecule has 0 atom stereocenters. The summed E-state index contributed by atoms with van der Waals surface area (Å²) in [5.74, 6) is 1.49. The average molecular weight is 399 g/mol. The van der Waals surface area contributed by atoms with E-state index in [1.54, 1.807) is 13.2 Å². The van der Waals surface area contributed by atoms with E-state index in [9.17, 15) is 0 Å². The third kappa shape index (κ3) is 4.82. The first kappa shape index (κ1) is 15.9. The third-order valence-electron chi connectivity index (χ3n) is 2.31. The van der Waals surface area contributed by atoms with Gasteiger partial charge in [0, 0.05) is 6.07 Å². The van der Waals surface area contributed by atoms with Crippen LogP contribution in [-0.2, 0) is 6.42 Å². The van der Waals surface area contributed by atoms with E-state index >= 15 is 0 Å². The van der Waals surface area contributed by atoms with Gasteiger partial charge in [-0.05, 0) is 56.0 Å². The summed E-state index contributed by atoms with van der Waals surface area (Å²) in [5, 5.41) is 0.584. The van der Waals surface area contributed by atoms with Crippen molar-refractivity contribution < 1.29 is 9.47 Å². The molecule has 0 N–H and O–H groups in total. The number of ether oxygens (including phenoxy) is 2. The van der Waals surface area contributed by atoms with Gasteiger partial charge in [-0.25, -0.2) is 0 Å². The molecule has 0 saturated heterocycles. The van der Waals surface area contributed by atoms with E-state index in [2.05, 4.69) is 38.8 Å². The van der Waals surface area contributed by atoms with Crippen molar-refractivity contribution in [2.24, 2.45) is 0 Å². The van der Waals surface area contributed by atoms with Gasteiger partial charge in [-0.3, -0.25) is 0 Å². The number of hydrogen-bond acceptors (Lipinski definition) is 2. The molecule has 0 aliphatic carbocycles. The standard InChI is InChI=1S/C13H15Br2ClO2/c1-3-4-9-7-10(18-6-5-12(14)15)8-11(16)13(9)17-2/h5,7-8H,3-4,6H2,1-2H3. The Balaban J connectivity index is 2.90. The highest BCUT2D eigenvalue weighted by Crippen LogP contribution is 2.34. The summed E-state index contributed by atoms with van der Waals surface area (Å²) < 4.78 is 11.8. The number of rotatable bonds is 6. The van der Waals surface area contributed by atoms with Gasteiger partial charge < -0.3 is 9.47 Å². The minimum absolute atomic E-state index is 0.472. The molecule has 0 amide bonds. The summed E-state index contributed by atoms with van der Waals surface area (Å²) in [6, 6.07) is 3.75. The zero-order valence-electron chi connectivity index (χ0n) is 10.3. The molecule has 0 unspecified atom stereocenters. The maximum Gasteiger partial charge on any atom is 0.140 e. The van der Waals surface area contributed by atoms with Gasteiger partial charge in [0.15, 0.2) is 0 Å². The molecule has 100 valence electrons. The average Bonchev–Trinajstić information content (AvgIpc) is 2.28. The molecule has 1 rings (SSSR count). The molecular weight excluding hydrogens is 383 g/mol. The molecule has 0 bridgehead atoms. The normalized spacial score (nSPS) is 10.1. The number of hydrogen-bond donors (Lipinski definition) is 0. The Morgan fingerprint density at radius 3 is 2.67 bits per heavy atom. The van der Waals surface area contributed by atoms with Crippen LogP contribution < -0.4 is 9.47 Å². The van der Waals surface area contributed by atoms with Crippen LogP contribution in [0.2, 0.25) is 5.02 Å². The number of methoxy groups -OCH3 is 1. The molecule has 0 heterocycles. The lowest BCUT2D eigenvalue weighted by Gasteiger charge is -2.12. The molecule has 2 nitrogen and oxygen atoms in total. The van der Waals surface area contributed by atoms with Crippen LogP contribution in [0.15, 0.2) is 21.6 Å². The van der Waals surface area contributed by atoms with E-state index in [0.29, 0.717) is 11.6 Å². The number of aryl methyl sites for hydroxylation is 1. The molecule has 0 aliphatic heterocycles. The topological polar surface area (TPSA) is 18.5 Å². The lowest BCUT2D eigenvalue weighted by atomic mass is 10.1. The molecule has 0 radical (unpaired) electrons. The first-order valence-corrected chi connectivity index (χ1v) is 7.55. The summed E-state index contributed by atoms with van der Waals surface area (Å²) in [6.07, 6.45) is 3.82.